The van der Waals surface area contributed by atoms with Crippen LogP contribution in [0.5, 0.6) is 0 Å². The van der Waals surface area contributed by atoms with Gasteiger partial charge in [-0.1, -0.05) is 0 Å². The largest absolute Gasteiger partial charge is 0.366 e. The minimum atomic E-state index is -0.421. The summed E-state index contributed by atoms with van der Waals surface area (Å²) < 4.78 is 0. The van der Waals surface area contributed by atoms with Crippen LogP contribution in [0.1, 0.15) is 0 Å². The Morgan fingerprint density at radius 3 is 3.07 bits per heavy atom. The molecule has 1 aromatic heterocycles. The molecular weight excluding hydrogens is 192 g/mol. The number of hydrazone groups is 1. The zero-order valence-corrected chi connectivity index (χ0v) is 8.00. The summed E-state index contributed by atoms with van der Waals surface area (Å²) in [5.41, 5.74) is 6.57. The maximum atomic E-state index is 11.0. The van der Waals surface area contributed by atoms with Gasteiger partial charge in [-0.15, -0.1) is 0 Å². The first-order chi connectivity index (χ1) is 7.27. The van der Waals surface area contributed by atoms with E-state index >= 15 is 0 Å². The number of allylic oxidation sites excluding steroid dienone is 1. The molecular formula is C10H10N4O. The Morgan fingerprint density at radius 2 is 2.40 bits per heavy atom. The molecule has 2 N–H and O–H groups in total. The molecule has 0 saturated carbocycles. The maximum Gasteiger partial charge on any atom is 0.246 e. The maximum absolute atomic E-state index is 11.0. The number of carbonyl (C=O) groups excluding carboxylic acids is 1. The van der Waals surface area contributed by atoms with E-state index in [1.807, 2.05) is 12.1 Å². The summed E-state index contributed by atoms with van der Waals surface area (Å²) in [7, 11) is 0. The minimum absolute atomic E-state index is 0.386. The topological polar surface area (TPSA) is 71.6 Å². The van der Waals surface area contributed by atoms with Gasteiger partial charge in [0.25, 0.3) is 0 Å². The summed E-state index contributed by atoms with van der Waals surface area (Å²) in [6, 6.07) is 3.68. The van der Waals surface area contributed by atoms with Crippen LogP contribution < -0.4 is 10.7 Å². The fourth-order valence-corrected chi connectivity index (χ4v) is 1.28. The van der Waals surface area contributed by atoms with Gasteiger partial charge in [0.1, 0.15) is 0 Å². The quantitative estimate of drug-likeness (QED) is 0.749. The lowest BCUT2D eigenvalue weighted by Gasteiger charge is -2.21. The number of primary amides is 1. The summed E-state index contributed by atoms with van der Waals surface area (Å²) in [5.74, 6) is -0.421. The van der Waals surface area contributed by atoms with Crippen molar-refractivity contribution in [2.75, 3.05) is 11.6 Å². The first kappa shape index (κ1) is 9.39. The van der Waals surface area contributed by atoms with Crippen LogP contribution in [-0.4, -0.2) is 23.7 Å². The van der Waals surface area contributed by atoms with Gasteiger partial charge in [-0.25, -0.2) is 0 Å². The Balaban J connectivity index is 2.19. The predicted octanol–water partition coefficient (Wildman–Crippen LogP) is 0.299. The van der Waals surface area contributed by atoms with E-state index in [-0.39, 0.29) is 0 Å². The standard InChI is InChI=1S/C10H10N4O/c11-10(15)8-3-5-13-14(7-8)9-2-1-4-12-6-9/h1-6H,7H2,(H2,11,15). The van der Waals surface area contributed by atoms with Crippen LogP contribution in [0.15, 0.2) is 41.3 Å². The second-order valence-electron chi connectivity index (χ2n) is 3.09. The monoisotopic (exact) mass is 202 g/mol. The number of aromatic nitrogens is 1. The van der Waals surface area contributed by atoms with Crippen molar-refractivity contribution >= 4 is 17.8 Å². The third-order valence-electron chi connectivity index (χ3n) is 2.06. The van der Waals surface area contributed by atoms with Crippen LogP contribution in [0.25, 0.3) is 0 Å². The van der Waals surface area contributed by atoms with Gasteiger partial charge in [0.2, 0.25) is 5.91 Å². The molecule has 1 aromatic rings. The molecule has 2 heterocycles. The van der Waals surface area contributed by atoms with Crippen molar-refractivity contribution in [3.05, 3.63) is 36.2 Å². The molecule has 0 fully saturated rings. The highest BCUT2D eigenvalue weighted by Crippen LogP contribution is 2.15. The summed E-state index contributed by atoms with van der Waals surface area (Å²) in [5, 5.41) is 5.79. The Bertz CT molecular complexity index is 424. The van der Waals surface area contributed by atoms with Gasteiger partial charge in [-0.3, -0.25) is 14.8 Å². The number of anilines is 1. The summed E-state index contributed by atoms with van der Waals surface area (Å²) in [4.78, 5) is 15.0. The smallest absolute Gasteiger partial charge is 0.246 e. The normalized spacial score (nSPS) is 14.9. The van der Waals surface area contributed by atoms with E-state index in [4.69, 9.17) is 5.73 Å². The molecule has 0 radical (unpaired) electrons. The van der Waals surface area contributed by atoms with Crippen LogP contribution in [0.3, 0.4) is 0 Å². The number of pyridine rings is 1. The molecule has 1 aliphatic heterocycles. The lowest BCUT2D eigenvalue weighted by molar-refractivity contribution is -0.114. The fraction of sp³-hybridized carbons (Fsp3) is 0.100. The van der Waals surface area contributed by atoms with Gasteiger partial charge in [0, 0.05) is 18.0 Å². The van der Waals surface area contributed by atoms with E-state index in [0.29, 0.717) is 12.1 Å². The highest BCUT2D eigenvalue weighted by molar-refractivity contribution is 5.98. The van der Waals surface area contributed by atoms with E-state index in [1.165, 1.54) is 0 Å². The van der Waals surface area contributed by atoms with Crippen LogP contribution in [0, 0.1) is 0 Å². The van der Waals surface area contributed by atoms with Gasteiger partial charge < -0.3 is 5.73 Å². The molecule has 0 unspecified atom stereocenters. The number of amides is 1. The molecule has 2 rings (SSSR count). The number of nitrogens with two attached hydrogens (primary N) is 1. The zero-order chi connectivity index (χ0) is 10.7. The molecule has 5 nitrogen and oxygen atoms in total. The number of nitrogens with zero attached hydrogens (tertiary/aromatic N) is 3. The Morgan fingerprint density at radius 1 is 1.53 bits per heavy atom. The molecule has 0 saturated heterocycles. The lowest BCUT2D eigenvalue weighted by Crippen LogP contribution is -2.29. The highest BCUT2D eigenvalue weighted by Gasteiger charge is 2.14. The lowest BCUT2D eigenvalue weighted by atomic mass is 10.2. The summed E-state index contributed by atoms with van der Waals surface area (Å²) in [6.07, 6.45) is 6.54. The third-order valence-corrected chi connectivity index (χ3v) is 2.06. The second kappa shape index (κ2) is 3.91. The molecule has 0 bridgehead atoms. The molecule has 1 aliphatic rings. The average molecular weight is 202 g/mol. The van der Waals surface area contributed by atoms with Gasteiger partial charge in [-0.2, -0.15) is 5.10 Å². The van der Waals surface area contributed by atoms with E-state index in [0.717, 1.165) is 5.69 Å². The molecule has 0 atom stereocenters. The van der Waals surface area contributed by atoms with Crippen LogP contribution in [-0.2, 0) is 4.79 Å². The van der Waals surface area contributed by atoms with Crippen molar-refractivity contribution in [3.8, 4) is 0 Å². The second-order valence-corrected chi connectivity index (χ2v) is 3.09. The minimum Gasteiger partial charge on any atom is -0.366 e. The van der Waals surface area contributed by atoms with Crippen molar-refractivity contribution in [3.63, 3.8) is 0 Å². The molecule has 0 aliphatic carbocycles. The molecule has 15 heavy (non-hydrogen) atoms. The predicted molar refractivity (Wildman–Crippen MR) is 57.4 cm³/mol. The van der Waals surface area contributed by atoms with Crippen LogP contribution >= 0.6 is 0 Å². The van der Waals surface area contributed by atoms with E-state index in [2.05, 4.69) is 10.1 Å². The summed E-state index contributed by atoms with van der Waals surface area (Å²) >= 11 is 0. The van der Waals surface area contributed by atoms with E-state index < -0.39 is 5.91 Å². The van der Waals surface area contributed by atoms with Crippen molar-refractivity contribution in [2.24, 2.45) is 10.8 Å². The van der Waals surface area contributed by atoms with Crippen molar-refractivity contribution in [2.45, 2.75) is 0 Å². The molecule has 1 amide bonds. The summed E-state index contributed by atoms with van der Waals surface area (Å²) in [6.45, 7) is 0.386. The fourth-order valence-electron chi connectivity index (χ4n) is 1.28. The van der Waals surface area contributed by atoms with E-state index in [9.17, 15) is 4.79 Å². The Hall–Kier alpha value is -2.17. The Labute approximate surface area is 86.9 Å². The molecule has 5 heteroatoms. The first-order valence-corrected chi connectivity index (χ1v) is 4.48. The van der Waals surface area contributed by atoms with Gasteiger partial charge in [0.15, 0.2) is 0 Å². The Kier molecular flexibility index (Phi) is 2.45. The highest BCUT2D eigenvalue weighted by atomic mass is 16.1. The van der Waals surface area contributed by atoms with Crippen LogP contribution in [0.4, 0.5) is 5.69 Å². The van der Waals surface area contributed by atoms with E-state index in [1.54, 1.807) is 29.7 Å². The molecule has 76 valence electrons. The van der Waals surface area contributed by atoms with Gasteiger partial charge in [-0.05, 0) is 18.2 Å². The number of hydrogen-bond donors (Lipinski definition) is 1. The van der Waals surface area contributed by atoms with Crippen LogP contribution in [0.2, 0.25) is 0 Å². The van der Waals surface area contributed by atoms with Crippen molar-refractivity contribution in [1.82, 2.24) is 4.98 Å². The zero-order valence-electron chi connectivity index (χ0n) is 8.00. The third kappa shape index (κ3) is 2.01. The van der Waals surface area contributed by atoms with Crippen molar-refractivity contribution < 1.29 is 4.79 Å². The van der Waals surface area contributed by atoms with Gasteiger partial charge >= 0.3 is 0 Å². The average Bonchev–Trinajstić information content (AvgIpc) is 2.30. The number of carbonyl (C=O) groups is 1. The van der Waals surface area contributed by atoms with Gasteiger partial charge in [0.05, 0.1) is 18.4 Å². The number of rotatable bonds is 2. The number of hydrogen-bond acceptors (Lipinski definition) is 4. The molecule has 0 spiro atoms. The molecule has 0 aromatic carbocycles. The first-order valence-electron chi connectivity index (χ1n) is 4.48. The SMILES string of the molecule is NC(=O)C1=CC=NN(c2cccnc2)C1. The van der Waals surface area contributed by atoms with Crippen molar-refractivity contribution in [1.29, 1.82) is 0 Å².